The number of anilines is 1. The fourth-order valence-corrected chi connectivity index (χ4v) is 5.21. The van der Waals surface area contributed by atoms with Crippen LogP contribution in [0.3, 0.4) is 0 Å². The van der Waals surface area contributed by atoms with E-state index in [2.05, 4.69) is 22.6 Å². The lowest BCUT2D eigenvalue weighted by Gasteiger charge is -2.19. The van der Waals surface area contributed by atoms with Crippen LogP contribution in [0.2, 0.25) is 5.02 Å². The van der Waals surface area contributed by atoms with Crippen LogP contribution in [0.5, 0.6) is 17.2 Å². The maximum atomic E-state index is 13.7. The number of esters is 1. The molecule has 0 bridgehead atoms. The molecule has 0 N–H and O–H groups in total. The minimum Gasteiger partial charge on any atom is -0.497 e. The molecule has 3 aromatic carbocycles. The van der Waals surface area contributed by atoms with Crippen molar-refractivity contribution in [3.63, 3.8) is 0 Å². The number of carbonyl (C=O) groups excluding carboxylic acids is 2. The minimum absolute atomic E-state index is 0.162. The average molecular weight is 693 g/mol. The third kappa shape index (κ3) is 6.68. The number of nitrogens with zero attached hydrogens (tertiary/aromatic N) is 2. The molecular weight excluding hydrogens is 667 g/mol. The molecule has 208 valence electrons. The molecule has 1 fully saturated rings. The highest BCUT2D eigenvalue weighted by Gasteiger charge is 2.40. The first-order chi connectivity index (χ1) is 19.2. The Kier molecular flexibility index (Phi) is 9.88. The molecule has 3 aromatic rings. The highest BCUT2D eigenvalue weighted by molar-refractivity contribution is 14.1. The molecule has 0 spiro atoms. The van der Waals surface area contributed by atoms with Crippen molar-refractivity contribution in [2.24, 2.45) is 0 Å². The SMILES string of the molecule is CCOc1cc(/C=C2/C(=O)N(c3ccc(OC)cc3)C(=S)N2CC(=O)OC)cc(I)c1OCc1ccc(Cl)cc1. The molecule has 11 heteroatoms. The van der Waals surface area contributed by atoms with E-state index in [4.69, 9.17) is 42.8 Å². The number of benzene rings is 3. The summed E-state index contributed by atoms with van der Waals surface area (Å²) < 4.78 is 22.9. The highest BCUT2D eigenvalue weighted by Crippen LogP contribution is 2.37. The van der Waals surface area contributed by atoms with Crippen molar-refractivity contribution in [3.8, 4) is 17.2 Å². The Balaban J connectivity index is 1.70. The van der Waals surface area contributed by atoms with Gasteiger partial charge in [-0.1, -0.05) is 23.7 Å². The van der Waals surface area contributed by atoms with Gasteiger partial charge in [0.15, 0.2) is 16.6 Å². The molecule has 1 heterocycles. The Hall–Kier alpha value is -3.35. The molecule has 1 aliphatic heterocycles. The summed E-state index contributed by atoms with van der Waals surface area (Å²) in [5, 5.41) is 0.813. The van der Waals surface area contributed by atoms with E-state index in [-0.39, 0.29) is 23.3 Å². The van der Waals surface area contributed by atoms with Crippen LogP contribution in [-0.4, -0.2) is 49.3 Å². The number of halogens is 2. The van der Waals surface area contributed by atoms with E-state index in [1.807, 2.05) is 37.3 Å². The second kappa shape index (κ2) is 13.3. The Bertz CT molecular complexity index is 1450. The molecule has 1 amide bonds. The van der Waals surface area contributed by atoms with Crippen molar-refractivity contribution in [2.75, 3.05) is 32.3 Å². The summed E-state index contributed by atoms with van der Waals surface area (Å²) in [6, 6.07) is 18.0. The molecule has 40 heavy (non-hydrogen) atoms. The average Bonchev–Trinajstić information content (AvgIpc) is 3.17. The van der Waals surface area contributed by atoms with Crippen LogP contribution in [-0.2, 0) is 20.9 Å². The first-order valence-electron chi connectivity index (χ1n) is 12.2. The molecule has 0 unspecified atom stereocenters. The van der Waals surface area contributed by atoms with Gasteiger partial charge in [-0.3, -0.25) is 14.5 Å². The van der Waals surface area contributed by atoms with Crippen LogP contribution < -0.4 is 19.1 Å². The molecule has 0 atom stereocenters. The van der Waals surface area contributed by atoms with Gasteiger partial charge in [-0.15, -0.1) is 0 Å². The van der Waals surface area contributed by atoms with E-state index < -0.39 is 5.97 Å². The van der Waals surface area contributed by atoms with Gasteiger partial charge < -0.3 is 23.8 Å². The van der Waals surface area contributed by atoms with Crippen LogP contribution in [0, 0.1) is 3.57 Å². The minimum atomic E-state index is -0.534. The van der Waals surface area contributed by atoms with Gasteiger partial charge in [0.05, 0.1) is 30.1 Å². The number of thiocarbonyl (C=S) groups is 1. The lowest BCUT2D eigenvalue weighted by atomic mass is 10.1. The number of hydrogen-bond acceptors (Lipinski definition) is 7. The van der Waals surface area contributed by atoms with Crippen LogP contribution in [0.15, 0.2) is 66.4 Å². The van der Waals surface area contributed by atoms with Gasteiger partial charge in [-0.25, -0.2) is 0 Å². The number of ether oxygens (including phenoxy) is 4. The molecular formula is C29H26ClIN2O6S. The maximum Gasteiger partial charge on any atom is 0.325 e. The fraction of sp³-hybridized carbons (Fsp3) is 0.207. The predicted octanol–water partition coefficient (Wildman–Crippen LogP) is 6.08. The number of hydrogen-bond donors (Lipinski definition) is 0. The van der Waals surface area contributed by atoms with Gasteiger partial charge in [0.1, 0.15) is 24.6 Å². The molecule has 0 aromatic heterocycles. The van der Waals surface area contributed by atoms with Crippen molar-refractivity contribution in [3.05, 3.63) is 86.1 Å². The molecule has 8 nitrogen and oxygen atoms in total. The van der Waals surface area contributed by atoms with E-state index in [1.54, 1.807) is 43.5 Å². The fourth-order valence-electron chi connectivity index (χ4n) is 3.95. The van der Waals surface area contributed by atoms with E-state index in [1.165, 1.54) is 16.9 Å². The molecule has 0 radical (unpaired) electrons. The summed E-state index contributed by atoms with van der Waals surface area (Å²) in [7, 11) is 2.85. The maximum absolute atomic E-state index is 13.7. The van der Waals surface area contributed by atoms with E-state index in [0.717, 1.165) is 9.13 Å². The Morgan fingerprint density at radius 3 is 2.38 bits per heavy atom. The van der Waals surface area contributed by atoms with Gasteiger partial charge in [0, 0.05) is 5.02 Å². The smallest absolute Gasteiger partial charge is 0.325 e. The van der Waals surface area contributed by atoms with Crippen LogP contribution in [0.1, 0.15) is 18.1 Å². The summed E-state index contributed by atoms with van der Waals surface area (Å²) >= 11 is 13.8. The molecule has 1 aliphatic rings. The third-order valence-electron chi connectivity index (χ3n) is 5.91. The van der Waals surface area contributed by atoms with Crippen molar-refractivity contribution in [1.29, 1.82) is 0 Å². The summed E-state index contributed by atoms with van der Waals surface area (Å²) in [6.07, 6.45) is 1.68. The van der Waals surface area contributed by atoms with Gasteiger partial charge >= 0.3 is 5.97 Å². The lowest BCUT2D eigenvalue weighted by Crippen LogP contribution is -2.35. The quantitative estimate of drug-likeness (QED) is 0.110. The van der Waals surface area contributed by atoms with Gasteiger partial charge in [0.25, 0.3) is 5.91 Å². The van der Waals surface area contributed by atoms with Crippen molar-refractivity contribution in [2.45, 2.75) is 13.5 Å². The second-order valence-electron chi connectivity index (χ2n) is 8.49. The largest absolute Gasteiger partial charge is 0.497 e. The molecule has 1 saturated heterocycles. The summed E-state index contributed by atoms with van der Waals surface area (Å²) in [6.45, 7) is 2.39. The summed E-state index contributed by atoms with van der Waals surface area (Å²) in [5.41, 5.74) is 2.39. The number of carbonyl (C=O) groups is 2. The Morgan fingerprint density at radius 1 is 1.05 bits per heavy atom. The van der Waals surface area contributed by atoms with Crippen molar-refractivity contribution >= 4 is 75.2 Å². The monoisotopic (exact) mass is 692 g/mol. The van der Waals surface area contributed by atoms with Gasteiger partial charge in [0.2, 0.25) is 0 Å². The third-order valence-corrected chi connectivity index (χ3v) is 7.37. The summed E-state index contributed by atoms with van der Waals surface area (Å²) in [5.74, 6) is 0.831. The van der Waals surface area contributed by atoms with E-state index >= 15 is 0 Å². The lowest BCUT2D eigenvalue weighted by molar-refractivity contribution is -0.140. The first kappa shape index (κ1) is 29.6. The van der Waals surface area contributed by atoms with Crippen LogP contribution >= 0.6 is 46.4 Å². The molecule has 0 saturated carbocycles. The van der Waals surface area contributed by atoms with Crippen LogP contribution in [0.4, 0.5) is 5.69 Å². The molecule has 0 aliphatic carbocycles. The molecule has 4 rings (SSSR count). The van der Waals surface area contributed by atoms with Gasteiger partial charge in [-0.05, 0) is 107 Å². The van der Waals surface area contributed by atoms with Crippen molar-refractivity contribution in [1.82, 2.24) is 4.90 Å². The predicted molar refractivity (Wildman–Crippen MR) is 166 cm³/mol. The topological polar surface area (TPSA) is 77.5 Å². The zero-order valence-corrected chi connectivity index (χ0v) is 25.7. The number of rotatable bonds is 10. The first-order valence-corrected chi connectivity index (χ1v) is 14.0. The Morgan fingerprint density at radius 2 is 1.75 bits per heavy atom. The zero-order valence-electron chi connectivity index (χ0n) is 22.0. The van der Waals surface area contributed by atoms with E-state index in [0.29, 0.717) is 46.7 Å². The van der Waals surface area contributed by atoms with Crippen LogP contribution in [0.25, 0.3) is 6.08 Å². The number of methoxy groups -OCH3 is 2. The van der Waals surface area contributed by atoms with Crippen molar-refractivity contribution < 1.29 is 28.5 Å². The zero-order chi connectivity index (χ0) is 28.8. The highest BCUT2D eigenvalue weighted by atomic mass is 127. The van der Waals surface area contributed by atoms with Gasteiger partial charge in [-0.2, -0.15) is 0 Å². The van der Waals surface area contributed by atoms with E-state index in [9.17, 15) is 9.59 Å². The number of amides is 1. The normalized spacial score (nSPS) is 14.1. The summed E-state index contributed by atoms with van der Waals surface area (Å²) in [4.78, 5) is 28.8. The second-order valence-corrected chi connectivity index (χ2v) is 10.5. The Labute approximate surface area is 256 Å². The standard InChI is InChI=1S/C29H26ClIN2O6S/c1-4-38-25-15-19(13-23(31)27(25)39-17-18-5-7-20(30)8-6-18)14-24-28(35)33(21-9-11-22(36-2)12-10-21)29(40)32(24)16-26(34)37-3/h5-15H,4,16-17H2,1-3H3/b24-14-.